The fraction of sp³-hybridized carbons (Fsp3) is 0.143. The third-order valence-electron chi connectivity index (χ3n) is 4.42. The number of allylic oxidation sites excluding steroid dienone is 1. The average molecular weight is 361 g/mol. The highest BCUT2D eigenvalue weighted by atomic mass is 32.1. The predicted molar refractivity (Wildman–Crippen MR) is 110 cm³/mol. The number of hydrogen-bond acceptors (Lipinski definition) is 4. The first-order valence-electron chi connectivity index (χ1n) is 8.54. The number of aryl methyl sites for hydroxylation is 1. The molecule has 0 fully saturated rings. The van der Waals surface area contributed by atoms with Gasteiger partial charge in [-0.05, 0) is 53.1 Å². The number of amidine groups is 1. The Morgan fingerprint density at radius 1 is 1.19 bits per heavy atom. The summed E-state index contributed by atoms with van der Waals surface area (Å²) in [6.07, 6.45) is 5.79. The molecule has 3 aromatic rings. The second-order valence-corrected chi connectivity index (χ2v) is 7.37. The second-order valence-electron chi connectivity index (χ2n) is 6.32. The van der Waals surface area contributed by atoms with E-state index in [1.54, 1.807) is 17.5 Å². The summed E-state index contributed by atoms with van der Waals surface area (Å²) < 4.78 is 1.21. The molecule has 2 heterocycles. The number of thiophene rings is 1. The summed E-state index contributed by atoms with van der Waals surface area (Å²) >= 11 is 1.69. The van der Waals surface area contributed by atoms with Crippen LogP contribution in [-0.4, -0.2) is 11.7 Å². The van der Waals surface area contributed by atoms with Gasteiger partial charge in [0.1, 0.15) is 5.84 Å². The van der Waals surface area contributed by atoms with Gasteiger partial charge >= 0.3 is 0 Å². The molecule has 1 amide bonds. The third kappa shape index (κ3) is 3.13. The van der Waals surface area contributed by atoms with Gasteiger partial charge in [-0.15, -0.1) is 11.3 Å². The molecule has 0 atom stereocenters. The fourth-order valence-electron chi connectivity index (χ4n) is 3.26. The van der Waals surface area contributed by atoms with E-state index in [0.717, 1.165) is 34.5 Å². The average Bonchev–Trinajstić information content (AvgIpc) is 2.96. The van der Waals surface area contributed by atoms with Crippen molar-refractivity contribution < 1.29 is 4.79 Å². The molecule has 5 heteroatoms. The minimum atomic E-state index is -0.0703. The van der Waals surface area contributed by atoms with Crippen LogP contribution in [0.1, 0.15) is 23.8 Å². The molecule has 0 unspecified atom stereocenters. The molecule has 4 rings (SSSR count). The largest absolute Gasteiger partial charge is 0.383 e. The van der Waals surface area contributed by atoms with Gasteiger partial charge in [0.05, 0.1) is 4.88 Å². The number of nitrogens with zero attached hydrogens (tertiary/aromatic N) is 1. The zero-order valence-electron chi connectivity index (χ0n) is 14.5. The van der Waals surface area contributed by atoms with Crippen LogP contribution in [0.25, 0.3) is 21.2 Å². The number of nitrogens with one attached hydrogen (secondary N) is 1. The summed E-state index contributed by atoms with van der Waals surface area (Å²) in [5.41, 5.74) is 10.4. The summed E-state index contributed by atoms with van der Waals surface area (Å²) in [5.74, 6) is 0.519. The van der Waals surface area contributed by atoms with Crippen molar-refractivity contribution >= 4 is 38.9 Å². The number of benzene rings is 2. The third-order valence-corrected chi connectivity index (χ3v) is 5.64. The molecule has 26 heavy (non-hydrogen) atoms. The van der Waals surface area contributed by atoms with Crippen LogP contribution in [0.4, 0.5) is 5.69 Å². The highest BCUT2D eigenvalue weighted by Gasteiger charge is 2.16. The number of carbonyl (C=O) groups is 1. The Bertz CT molecular complexity index is 1060. The van der Waals surface area contributed by atoms with Crippen molar-refractivity contribution in [2.24, 2.45) is 10.7 Å². The number of hydrogen-bond donors (Lipinski definition) is 2. The standard InChI is InChI=1S/C21H19N3OS/c1-13(25)24-16-6-4-5-14(11-16)15-8-9-17-18-7-2-3-10-23-21(22)20(18)26-19(17)12-15/h3-6,8-12H,2,7H2,1H3,(H2,22,23)(H,24,25). The monoisotopic (exact) mass is 361 g/mol. The van der Waals surface area contributed by atoms with E-state index in [-0.39, 0.29) is 5.91 Å². The first-order chi connectivity index (χ1) is 12.6. The lowest BCUT2D eigenvalue weighted by molar-refractivity contribution is -0.114. The Morgan fingerprint density at radius 3 is 2.88 bits per heavy atom. The molecule has 0 spiro atoms. The van der Waals surface area contributed by atoms with Gasteiger partial charge in [-0.25, -0.2) is 4.99 Å². The Labute approximate surface area is 156 Å². The highest BCUT2D eigenvalue weighted by Crippen LogP contribution is 2.36. The van der Waals surface area contributed by atoms with Gasteiger partial charge in [0.25, 0.3) is 0 Å². The van der Waals surface area contributed by atoms with Crippen molar-refractivity contribution in [2.75, 3.05) is 5.32 Å². The number of carbonyl (C=O) groups excluding carboxylic acids is 1. The molecule has 3 N–H and O–H groups in total. The quantitative estimate of drug-likeness (QED) is 0.695. The SMILES string of the molecule is CC(=O)Nc1cccc(-c2ccc3c4c(sc3c2)C(N)=NC=CCC4)c1. The Morgan fingerprint density at radius 2 is 2.04 bits per heavy atom. The van der Waals surface area contributed by atoms with Crippen LogP contribution in [0, 0.1) is 0 Å². The van der Waals surface area contributed by atoms with Crippen molar-refractivity contribution in [3.63, 3.8) is 0 Å². The maximum atomic E-state index is 11.3. The predicted octanol–water partition coefficient (Wildman–Crippen LogP) is 4.69. The van der Waals surface area contributed by atoms with Crippen molar-refractivity contribution in [2.45, 2.75) is 19.8 Å². The summed E-state index contributed by atoms with van der Waals surface area (Å²) in [6.45, 7) is 1.51. The number of anilines is 1. The van der Waals surface area contributed by atoms with E-state index >= 15 is 0 Å². The summed E-state index contributed by atoms with van der Waals surface area (Å²) in [6, 6.07) is 14.4. The van der Waals surface area contributed by atoms with Crippen LogP contribution in [-0.2, 0) is 11.2 Å². The molecule has 1 aliphatic rings. The fourth-order valence-corrected chi connectivity index (χ4v) is 4.46. The highest BCUT2D eigenvalue weighted by molar-refractivity contribution is 7.21. The maximum absolute atomic E-state index is 11.3. The number of amides is 1. The lowest BCUT2D eigenvalue weighted by atomic mass is 10.00. The first-order valence-corrected chi connectivity index (χ1v) is 9.35. The topological polar surface area (TPSA) is 67.5 Å². The molecule has 130 valence electrons. The van der Waals surface area contributed by atoms with Crippen LogP contribution in [0.3, 0.4) is 0 Å². The lowest BCUT2D eigenvalue weighted by Gasteiger charge is -2.07. The van der Waals surface area contributed by atoms with Crippen LogP contribution < -0.4 is 11.1 Å². The zero-order valence-corrected chi connectivity index (χ0v) is 15.3. The molecule has 0 bridgehead atoms. The minimum absolute atomic E-state index is 0.0703. The van der Waals surface area contributed by atoms with Crippen molar-refractivity contribution in [3.05, 3.63) is 65.2 Å². The van der Waals surface area contributed by atoms with Gasteiger partial charge < -0.3 is 11.1 Å². The van der Waals surface area contributed by atoms with E-state index in [9.17, 15) is 4.79 Å². The molecular weight excluding hydrogens is 342 g/mol. The molecule has 0 aliphatic carbocycles. The molecule has 2 aromatic carbocycles. The molecule has 0 saturated heterocycles. The summed E-state index contributed by atoms with van der Waals surface area (Å²) in [4.78, 5) is 16.7. The number of aliphatic imine (C=N–C) groups is 1. The van der Waals surface area contributed by atoms with E-state index in [1.165, 1.54) is 22.6 Å². The van der Waals surface area contributed by atoms with Crippen molar-refractivity contribution in [1.82, 2.24) is 0 Å². The van der Waals surface area contributed by atoms with E-state index < -0.39 is 0 Å². The Kier molecular flexibility index (Phi) is 4.31. The van der Waals surface area contributed by atoms with Crippen molar-refractivity contribution in [1.29, 1.82) is 0 Å². The van der Waals surface area contributed by atoms with E-state index in [0.29, 0.717) is 5.84 Å². The van der Waals surface area contributed by atoms with Crippen LogP contribution >= 0.6 is 11.3 Å². The Hall–Kier alpha value is -2.92. The molecule has 1 aromatic heterocycles. The Balaban J connectivity index is 1.79. The van der Waals surface area contributed by atoms with E-state index in [4.69, 9.17) is 5.73 Å². The number of rotatable bonds is 2. The van der Waals surface area contributed by atoms with Gasteiger partial charge in [-0.3, -0.25) is 4.79 Å². The summed E-state index contributed by atoms with van der Waals surface area (Å²) in [5, 5.41) is 4.09. The normalized spacial score (nSPS) is 13.7. The summed E-state index contributed by atoms with van der Waals surface area (Å²) in [7, 11) is 0. The molecule has 0 radical (unpaired) electrons. The minimum Gasteiger partial charge on any atom is -0.383 e. The van der Waals surface area contributed by atoms with Gasteiger partial charge in [-0.1, -0.05) is 30.3 Å². The molecule has 4 nitrogen and oxygen atoms in total. The van der Waals surface area contributed by atoms with E-state index in [1.807, 2.05) is 18.2 Å². The molecular formula is C21H19N3OS. The van der Waals surface area contributed by atoms with Gasteiger partial charge in [-0.2, -0.15) is 0 Å². The molecule has 1 aliphatic heterocycles. The van der Waals surface area contributed by atoms with Gasteiger partial charge in [0, 0.05) is 23.5 Å². The van der Waals surface area contributed by atoms with E-state index in [2.05, 4.69) is 40.7 Å². The first kappa shape index (κ1) is 16.5. The van der Waals surface area contributed by atoms with Gasteiger partial charge in [0.2, 0.25) is 5.91 Å². The van der Waals surface area contributed by atoms with Crippen LogP contribution in [0.2, 0.25) is 0 Å². The second kappa shape index (κ2) is 6.77. The lowest BCUT2D eigenvalue weighted by Crippen LogP contribution is -2.13. The van der Waals surface area contributed by atoms with Gasteiger partial charge in [0.15, 0.2) is 0 Å². The number of nitrogens with two attached hydrogens (primary N) is 1. The van der Waals surface area contributed by atoms with Crippen molar-refractivity contribution in [3.8, 4) is 11.1 Å². The molecule has 0 saturated carbocycles. The number of fused-ring (bicyclic) bond motifs is 3. The van der Waals surface area contributed by atoms with Crippen LogP contribution in [0.15, 0.2) is 59.7 Å². The zero-order chi connectivity index (χ0) is 18.1. The van der Waals surface area contributed by atoms with Crippen LogP contribution in [0.5, 0.6) is 0 Å². The smallest absolute Gasteiger partial charge is 0.221 e. The maximum Gasteiger partial charge on any atom is 0.221 e.